The Balaban J connectivity index is 1.55. The predicted molar refractivity (Wildman–Crippen MR) is 96.6 cm³/mol. The molecule has 0 radical (unpaired) electrons. The number of benzene rings is 2. The van der Waals surface area contributed by atoms with Crippen LogP contribution in [0, 0.1) is 0 Å². The molecular formula is C20H15ClN2O2. The van der Waals surface area contributed by atoms with Gasteiger partial charge in [0.15, 0.2) is 5.60 Å². The van der Waals surface area contributed by atoms with E-state index < -0.39 is 5.60 Å². The van der Waals surface area contributed by atoms with E-state index in [1.54, 1.807) is 12.4 Å². The molecule has 4 nitrogen and oxygen atoms in total. The summed E-state index contributed by atoms with van der Waals surface area (Å²) < 4.78 is 6.14. The summed E-state index contributed by atoms with van der Waals surface area (Å²) in [6, 6.07) is 13.5. The predicted octanol–water partition coefficient (Wildman–Crippen LogP) is 4.59. The first-order valence-corrected chi connectivity index (χ1v) is 8.67. The van der Waals surface area contributed by atoms with Crippen LogP contribution in [0.3, 0.4) is 0 Å². The van der Waals surface area contributed by atoms with Crippen molar-refractivity contribution in [2.45, 2.75) is 24.5 Å². The van der Waals surface area contributed by atoms with Crippen LogP contribution >= 0.6 is 11.6 Å². The molecule has 0 spiro atoms. The number of rotatable bonds is 2. The van der Waals surface area contributed by atoms with Gasteiger partial charge in [-0.3, -0.25) is 9.78 Å². The van der Waals surface area contributed by atoms with Gasteiger partial charge >= 0.3 is 0 Å². The van der Waals surface area contributed by atoms with Crippen molar-refractivity contribution < 1.29 is 9.53 Å². The van der Waals surface area contributed by atoms with Gasteiger partial charge in [0.1, 0.15) is 0 Å². The van der Waals surface area contributed by atoms with Crippen molar-refractivity contribution >= 4 is 34.0 Å². The summed E-state index contributed by atoms with van der Waals surface area (Å²) >= 11 is 6.12. The molecule has 2 atom stereocenters. The molecule has 3 aromatic rings. The lowest BCUT2D eigenvalue weighted by atomic mass is 9.81. The van der Waals surface area contributed by atoms with E-state index >= 15 is 0 Å². The molecule has 1 saturated heterocycles. The van der Waals surface area contributed by atoms with Gasteiger partial charge in [0.25, 0.3) is 5.91 Å². The van der Waals surface area contributed by atoms with Crippen LogP contribution in [-0.4, -0.2) is 10.9 Å². The SMILES string of the molecule is O=C(Nc1cncc2ccccc12)C12CCC(O1)c1cc(Cl)ccc12. The van der Waals surface area contributed by atoms with Crippen LogP contribution in [-0.2, 0) is 15.1 Å². The fourth-order valence-corrected chi connectivity index (χ4v) is 4.19. The highest BCUT2D eigenvalue weighted by atomic mass is 35.5. The number of ether oxygens (including phenoxy) is 1. The molecule has 25 heavy (non-hydrogen) atoms. The van der Waals surface area contributed by atoms with E-state index in [2.05, 4.69) is 10.3 Å². The van der Waals surface area contributed by atoms with Crippen molar-refractivity contribution in [1.29, 1.82) is 0 Å². The van der Waals surface area contributed by atoms with Gasteiger partial charge < -0.3 is 10.1 Å². The molecule has 2 aliphatic rings. The van der Waals surface area contributed by atoms with E-state index in [-0.39, 0.29) is 12.0 Å². The molecular weight excluding hydrogens is 336 g/mol. The Morgan fingerprint density at radius 3 is 3.04 bits per heavy atom. The summed E-state index contributed by atoms with van der Waals surface area (Å²) in [5.41, 5.74) is 1.73. The Bertz CT molecular complexity index is 1010. The topological polar surface area (TPSA) is 51.2 Å². The first-order valence-electron chi connectivity index (χ1n) is 8.29. The minimum Gasteiger partial charge on any atom is -0.352 e. The molecule has 2 bridgehead atoms. The van der Waals surface area contributed by atoms with Crippen LogP contribution in [0.5, 0.6) is 0 Å². The molecule has 124 valence electrons. The number of halogens is 1. The van der Waals surface area contributed by atoms with E-state index in [1.807, 2.05) is 42.5 Å². The van der Waals surface area contributed by atoms with Crippen LogP contribution in [0.4, 0.5) is 5.69 Å². The molecule has 1 N–H and O–H groups in total. The third-order valence-electron chi connectivity index (χ3n) is 5.18. The number of pyridine rings is 1. The fourth-order valence-electron chi connectivity index (χ4n) is 4.01. The summed E-state index contributed by atoms with van der Waals surface area (Å²) in [5.74, 6) is -0.144. The van der Waals surface area contributed by atoms with E-state index in [0.717, 1.165) is 28.3 Å². The Morgan fingerprint density at radius 2 is 2.12 bits per heavy atom. The number of hydrogen-bond donors (Lipinski definition) is 1. The Hall–Kier alpha value is -2.43. The molecule has 1 fully saturated rings. The molecule has 0 aliphatic carbocycles. The van der Waals surface area contributed by atoms with Gasteiger partial charge in [0.2, 0.25) is 0 Å². The molecule has 3 heterocycles. The lowest BCUT2D eigenvalue weighted by Crippen LogP contribution is -2.38. The number of fused-ring (bicyclic) bond motifs is 6. The minimum absolute atomic E-state index is 0.0508. The lowest BCUT2D eigenvalue weighted by molar-refractivity contribution is -0.138. The summed E-state index contributed by atoms with van der Waals surface area (Å²) in [6.07, 6.45) is 4.93. The number of carbonyl (C=O) groups excluding carboxylic acids is 1. The fraction of sp³-hybridized carbons (Fsp3) is 0.200. The first kappa shape index (κ1) is 14.9. The smallest absolute Gasteiger partial charge is 0.261 e. The van der Waals surface area contributed by atoms with Crippen molar-refractivity contribution in [1.82, 2.24) is 4.98 Å². The van der Waals surface area contributed by atoms with Crippen LogP contribution < -0.4 is 5.32 Å². The molecule has 5 heteroatoms. The minimum atomic E-state index is -0.929. The molecule has 1 amide bonds. The number of anilines is 1. The second-order valence-electron chi connectivity index (χ2n) is 6.57. The van der Waals surface area contributed by atoms with Crippen molar-refractivity contribution in [2.24, 2.45) is 0 Å². The first-order chi connectivity index (χ1) is 12.2. The third-order valence-corrected chi connectivity index (χ3v) is 5.42. The molecule has 5 rings (SSSR count). The largest absolute Gasteiger partial charge is 0.352 e. The zero-order valence-corrected chi connectivity index (χ0v) is 14.1. The standard InChI is InChI=1S/C20H15ClN2O2/c21-13-5-6-16-15(9-13)18-7-8-20(16,25-18)19(24)23-17-11-22-10-12-3-1-2-4-14(12)17/h1-6,9-11,18H,7-8H2,(H,23,24). The quantitative estimate of drug-likeness (QED) is 0.735. The average Bonchev–Trinajstić information content (AvgIpc) is 3.20. The lowest BCUT2D eigenvalue weighted by Gasteiger charge is -2.25. The van der Waals surface area contributed by atoms with Crippen molar-refractivity contribution in [2.75, 3.05) is 5.32 Å². The van der Waals surface area contributed by atoms with Gasteiger partial charge in [-0.2, -0.15) is 0 Å². The summed E-state index contributed by atoms with van der Waals surface area (Å²) in [5, 5.41) is 5.66. The van der Waals surface area contributed by atoms with Gasteiger partial charge in [0, 0.05) is 22.0 Å². The van der Waals surface area contributed by atoms with E-state index in [0.29, 0.717) is 17.1 Å². The van der Waals surface area contributed by atoms with Crippen LogP contribution in [0.15, 0.2) is 54.9 Å². The monoisotopic (exact) mass is 350 g/mol. The summed E-state index contributed by atoms with van der Waals surface area (Å²) in [6.45, 7) is 0. The number of nitrogens with zero attached hydrogens (tertiary/aromatic N) is 1. The highest BCUT2D eigenvalue weighted by Gasteiger charge is 2.55. The number of nitrogens with one attached hydrogen (secondary N) is 1. The van der Waals surface area contributed by atoms with E-state index in [9.17, 15) is 4.79 Å². The number of amides is 1. The molecule has 1 aromatic heterocycles. The maximum atomic E-state index is 13.2. The summed E-state index contributed by atoms with van der Waals surface area (Å²) in [7, 11) is 0. The Labute approximate surface area is 149 Å². The third kappa shape index (κ3) is 2.11. The van der Waals surface area contributed by atoms with Crippen molar-refractivity contribution in [3.05, 3.63) is 71.0 Å². The van der Waals surface area contributed by atoms with Gasteiger partial charge in [0.05, 0.1) is 18.0 Å². The van der Waals surface area contributed by atoms with Crippen molar-refractivity contribution in [3.63, 3.8) is 0 Å². The summed E-state index contributed by atoms with van der Waals surface area (Å²) in [4.78, 5) is 17.4. The maximum absolute atomic E-state index is 13.2. The number of carbonyl (C=O) groups is 1. The van der Waals surface area contributed by atoms with E-state index in [1.165, 1.54) is 0 Å². The molecule has 2 unspecified atom stereocenters. The Kier molecular flexibility index (Phi) is 3.14. The number of aromatic nitrogens is 1. The molecule has 2 aromatic carbocycles. The van der Waals surface area contributed by atoms with Gasteiger partial charge in [-0.15, -0.1) is 0 Å². The van der Waals surface area contributed by atoms with Crippen LogP contribution in [0.2, 0.25) is 5.02 Å². The highest BCUT2D eigenvalue weighted by Crippen LogP contribution is 2.55. The van der Waals surface area contributed by atoms with Gasteiger partial charge in [-0.05, 0) is 36.1 Å². The molecule has 2 aliphatic heterocycles. The molecule has 0 saturated carbocycles. The van der Waals surface area contributed by atoms with Gasteiger partial charge in [-0.1, -0.05) is 41.9 Å². The van der Waals surface area contributed by atoms with Gasteiger partial charge in [-0.25, -0.2) is 0 Å². The zero-order chi connectivity index (χ0) is 17.0. The van der Waals surface area contributed by atoms with Crippen LogP contribution in [0.25, 0.3) is 10.8 Å². The zero-order valence-electron chi connectivity index (χ0n) is 13.3. The average molecular weight is 351 g/mol. The maximum Gasteiger partial charge on any atom is 0.261 e. The van der Waals surface area contributed by atoms with Crippen LogP contribution in [0.1, 0.15) is 30.1 Å². The second-order valence-corrected chi connectivity index (χ2v) is 7.00. The Morgan fingerprint density at radius 1 is 1.24 bits per heavy atom. The second kappa shape index (κ2) is 5.28. The van der Waals surface area contributed by atoms with E-state index in [4.69, 9.17) is 16.3 Å². The highest BCUT2D eigenvalue weighted by molar-refractivity contribution is 6.30. The number of hydrogen-bond acceptors (Lipinski definition) is 3. The normalized spacial score (nSPS) is 23.6. The van der Waals surface area contributed by atoms with Crippen molar-refractivity contribution in [3.8, 4) is 0 Å².